The molecule has 1 heterocycles. The molecule has 0 aliphatic heterocycles. The topological polar surface area (TPSA) is 34.9 Å². The lowest BCUT2D eigenvalue weighted by Crippen LogP contribution is -2.11. The van der Waals surface area contributed by atoms with E-state index >= 15 is 0 Å². The number of aromatic nitrogens is 2. The Bertz CT molecular complexity index is 312. The maximum Gasteiger partial charge on any atom is 0.183 e. The van der Waals surface area contributed by atoms with Crippen molar-refractivity contribution in [1.82, 2.24) is 9.78 Å². The molecule has 3 heteroatoms. The Labute approximate surface area is 77.7 Å². The first-order valence-electron chi connectivity index (χ1n) is 4.89. The van der Waals surface area contributed by atoms with Crippen LogP contribution in [-0.4, -0.2) is 15.6 Å². The summed E-state index contributed by atoms with van der Waals surface area (Å²) in [7, 11) is 0. The molecular weight excluding hydrogens is 164 g/mol. The van der Waals surface area contributed by atoms with Crippen molar-refractivity contribution < 1.29 is 4.79 Å². The van der Waals surface area contributed by atoms with E-state index < -0.39 is 0 Å². The molecule has 1 aliphatic carbocycles. The molecule has 3 nitrogen and oxygen atoms in total. The zero-order chi connectivity index (χ0) is 9.26. The molecule has 1 fully saturated rings. The minimum absolute atomic E-state index is 0.283. The second kappa shape index (κ2) is 3.32. The average Bonchev–Trinajstić information content (AvgIpc) is 2.87. The lowest BCUT2D eigenvalue weighted by Gasteiger charge is -2.03. The first-order valence-corrected chi connectivity index (χ1v) is 4.89. The van der Waals surface area contributed by atoms with Crippen molar-refractivity contribution in [3.05, 3.63) is 18.0 Å². The summed E-state index contributed by atoms with van der Waals surface area (Å²) in [5.74, 6) is 0.582. The molecule has 2 rings (SSSR count). The quantitative estimate of drug-likeness (QED) is 0.660. The molecule has 0 unspecified atom stereocenters. The van der Waals surface area contributed by atoms with Crippen LogP contribution in [0.4, 0.5) is 0 Å². The van der Waals surface area contributed by atoms with Gasteiger partial charge in [0.25, 0.3) is 0 Å². The number of hydrogen-bond acceptors (Lipinski definition) is 2. The highest BCUT2D eigenvalue weighted by Crippen LogP contribution is 2.32. The summed E-state index contributed by atoms with van der Waals surface area (Å²) in [5, 5.41) is 4.13. The summed E-state index contributed by atoms with van der Waals surface area (Å²) in [6.07, 6.45) is 4.87. The maximum atomic E-state index is 11.7. The molecule has 1 aromatic rings. The van der Waals surface area contributed by atoms with Crippen LogP contribution in [0.25, 0.3) is 0 Å². The second-order valence-electron chi connectivity index (χ2n) is 3.58. The molecule has 1 saturated carbocycles. The van der Waals surface area contributed by atoms with E-state index in [0.717, 1.165) is 31.5 Å². The zero-order valence-electron chi connectivity index (χ0n) is 7.86. The van der Waals surface area contributed by atoms with Gasteiger partial charge in [-0.25, -0.2) is 0 Å². The van der Waals surface area contributed by atoms with Crippen LogP contribution in [0.2, 0.25) is 0 Å². The van der Waals surface area contributed by atoms with Gasteiger partial charge >= 0.3 is 0 Å². The Morgan fingerprint density at radius 1 is 1.69 bits per heavy atom. The van der Waals surface area contributed by atoms with Crippen LogP contribution in [0.1, 0.15) is 36.7 Å². The van der Waals surface area contributed by atoms with Gasteiger partial charge in [0.1, 0.15) is 5.69 Å². The lowest BCUT2D eigenvalue weighted by atomic mass is 10.2. The number of rotatable bonds is 4. The number of nitrogens with zero attached hydrogens (tertiary/aromatic N) is 2. The Balaban J connectivity index is 2.17. The first kappa shape index (κ1) is 8.48. The van der Waals surface area contributed by atoms with Crippen molar-refractivity contribution >= 4 is 5.78 Å². The third-order valence-corrected chi connectivity index (χ3v) is 2.35. The standard InChI is InChI=1S/C10H14N2O/c1-2-7-12-9(5-6-11-12)10(13)8-3-4-8/h5-6,8H,2-4,7H2,1H3. The van der Waals surface area contributed by atoms with E-state index in [0.29, 0.717) is 5.92 Å². The number of aryl methyl sites for hydroxylation is 1. The monoisotopic (exact) mass is 178 g/mol. The molecule has 0 N–H and O–H groups in total. The van der Waals surface area contributed by atoms with E-state index in [-0.39, 0.29) is 5.78 Å². The van der Waals surface area contributed by atoms with Crippen molar-refractivity contribution in [3.63, 3.8) is 0 Å². The average molecular weight is 178 g/mol. The van der Waals surface area contributed by atoms with Gasteiger partial charge in [-0.15, -0.1) is 0 Å². The number of Topliss-reactive ketones (excluding diaryl/α,β-unsaturated/α-hetero) is 1. The third-order valence-electron chi connectivity index (χ3n) is 2.35. The van der Waals surface area contributed by atoms with E-state index in [2.05, 4.69) is 12.0 Å². The molecular formula is C10H14N2O. The molecule has 0 spiro atoms. The molecule has 70 valence electrons. The second-order valence-corrected chi connectivity index (χ2v) is 3.58. The highest BCUT2D eigenvalue weighted by Gasteiger charge is 2.32. The van der Waals surface area contributed by atoms with Crippen molar-refractivity contribution in [2.45, 2.75) is 32.7 Å². The van der Waals surface area contributed by atoms with Crippen LogP contribution in [0.15, 0.2) is 12.3 Å². The van der Waals surface area contributed by atoms with Gasteiger partial charge in [0, 0.05) is 18.7 Å². The highest BCUT2D eigenvalue weighted by molar-refractivity contribution is 5.97. The van der Waals surface area contributed by atoms with Gasteiger partial charge in [-0.1, -0.05) is 6.92 Å². The Morgan fingerprint density at radius 3 is 3.08 bits per heavy atom. The molecule has 1 aromatic heterocycles. The van der Waals surface area contributed by atoms with Gasteiger partial charge in [-0.3, -0.25) is 9.48 Å². The Kier molecular flexibility index (Phi) is 2.17. The lowest BCUT2D eigenvalue weighted by molar-refractivity contribution is 0.0957. The van der Waals surface area contributed by atoms with Crippen LogP contribution >= 0.6 is 0 Å². The van der Waals surface area contributed by atoms with Crippen molar-refractivity contribution in [1.29, 1.82) is 0 Å². The summed E-state index contributed by atoms with van der Waals surface area (Å²) < 4.78 is 1.82. The number of carbonyl (C=O) groups excluding carboxylic acids is 1. The number of carbonyl (C=O) groups is 1. The molecule has 0 saturated heterocycles. The van der Waals surface area contributed by atoms with Gasteiger partial charge < -0.3 is 0 Å². The first-order chi connectivity index (χ1) is 6.33. The van der Waals surface area contributed by atoms with E-state index in [1.54, 1.807) is 6.20 Å². The van der Waals surface area contributed by atoms with Gasteiger partial charge in [-0.2, -0.15) is 5.10 Å². The van der Waals surface area contributed by atoms with Crippen molar-refractivity contribution in [2.75, 3.05) is 0 Å². The van der Waals surface area contributed by atoms with Crippen LogP contribution in [0.5, 0.6) is 0 Å². The van der Waals surface area contributed by atoms with Crippen LogP contribution < -0.4 is 0 Å². The van der Waals surface area contributed by atoms with Crippen LogP contribution in [0, 0.1) is 5.92 Å². The fraction of sp³-hybridized carbons (Fsp3) is 0.600. The summed E-state index contributed by atoms with van der Waals surface area (Å²) >= 11 is 0. The Hall–Kier alpha value is -1.12. The van der Waals surface area contributed by atoms with Gasteiger partial charge in [0.15, 0.2) is 5.78 Å². The fourth-order valence-corrected chi connectivity index (χ4v) is 1.49. The summed E-state index contributed by atoms with van der Waals surface area (Å²) in [4.78, 5) is 11.7. The fourth-order valence-electron chi connectivity index (χ4n) is 1.49. The zero-order valence-corrected chi connectivity index (χ0v) is 7.86. The smallest absolute Gasteiger partial charge is 0.183 e. The van der Waals surface area contributed by atoms with Crippen LogP contribution in [-0.2, 0) is 6.54 Å². The minimum atomic E-state index is 0.283. The number of hydrogen-bond donors (Lipinski definition) is 0. The van der Waals surface area contributed by atoms with Crippen molar-refractivity contribution in [2.24, 2.45) is 5.92 Å². The molecule has 0 radical (unpaired) electrons. The van der Waals surface area contributed by atoms with Crippen LogP contribution in [0.3, 0.4) is 0 Å². The predicted octanol–water partition coefficient (Wildman–Crippen LogP) is 1.89. The molecule has 0 amide bonds. The van der Waals surface area contributed by atoms with E-state index in [4.69, 9.17) is 0 Å². The molecule has 0 aromatic carbocycles. The van der Waals surface area contributed by atoms with Gasteiger partial charge in [0.2, 0.25) is 0 Å². The SMILES string of the molecule is CCCn1nccc1C(=O)C1CC1. The highest BCUT2D eigenvalue weighted by atomic mass is 16.1. The van der Waals surface area contributed by atoms with E-state index in [9.17, 15) is 4.79 Å². The molecule has 13 heavy (non-hydrogen) atoms. The molecule has 0 bridgehead atoms. The van der Waals surface area contributed by atoms with E-state index in [1.165, 1.54) is 0 Å². The normalized spacial score (nSPS) is 16.1. The van der Waals surface area contributed by atoms with E-state index in [1.807, 2.05) is 10.7 Å². The van der Waals surface area contributed by atoms with Gasteiger partial charge in [-0.05, 0) is 25.3 Å². The third kappa shape index (κ3) is 1.64. The summed E-state index contributed by atoms with van der Waals surface area (Å²) in [6.45, 7) is 2.94. The minimum Gasteiger partial charge on any atom is -0.292 e. The molecule has 1 aliphatic rings. The summed E-state index contributed by atoms with van der Waals surface area (Å²) in [5.41, 5.74) is 0.796. The maximum absolute atomic E-state index is 11.7. The predicted molar refractivity (Wildman–Crippen MR) is 49.6 cm³/mol. The number of ketones is 1. The van der Waals surface area contributed by atoms with Gasteiger partial charge in [0.05, 0.1) is 0 Å². The van der Waals surface area contributed by atoms with Crippen molar-refractivity contribution in [3.8, 4) is 0 Å². The Morgan fingerprint density at radius 2 is 2.46 bits per heavy atom. The largest absolute Gasteiger partial charge is 0.292 e. The molecule has 0 atom stereocenters. The summed E-state index contributed by atoms with van der Waals surface area (Å²) in [6, 6.07) is 1.83.